The molecule has 0 saturated heterocycles. The molecule has 1 amide bonds. The van der Waals surface area contributed by atoms with Crippen molar-refractivity contribution >= 4 is 34.5 Å². The Hall–Kier alpha value is -3.48. The molecule has 120 valence electrons. The molecule has 3 aromatic rings. The summed E-state index contributed by atoms with van der Waals surface area (Å²) in [5.74, 6) is -0.414. The minimum Gasteiger partial charge on any atom is -0.337 e. The lowest BCUT2D eigenvalue weighted by Gasteiger charge is -2.07. The van der Waals surface area contributed by atoms with E-state index in [4.69, 9.17) is 0 Å². The van der Waals surface area contributed by atoms with Crippen molar-refractivity contribution in [1.29, 1.82) is 0 Å². The molecule has 1 aromatic heterocycles. The molecule has 0 atom stereocenters. The van der Waals surface area contributed by atoms with Crippen LogP contribution in [0.2, 0.25) is 0 Å². The molecule has 0 aliphatic rings. The maximum Gasteiger partial charge on any atom is 0.292 e. The number of hydrogen-bond donors (Lipinski definition) is 1. The third kappa shape index (κ3) is 2.87. The Bertz CT molecular complexity index is 946. The highest BCUT2D eigenvalue weighted by molar-refractivity contribution is 5.99. The number of hydrogen-bond acceptors (Lipinski definition) is 4. The summed E-state index contributed by atoms with van der Waals surface area (Å²) in [7, 11) is 0. The first kappa shape index (κ1) is 15.4. The van der Waals surface area contributed by atoms with E-state index in [2.05, 4.69) is 5.32 Å². The third-order valence-corrected chi connectivity index (χ3v) is 3.64. The van der Waals surface area contributed by atoms with Gasteiger partial charge in [-0.15, -0.1) is 0 Å². The monoisotopic (exact) mass is 323 g/mol. The van der Waals surface area contributed by atoms with Gasteiger partial charge in [-0.3, -0.25) is 19.7 Å². The molecule has 0 bridgehead atoms. The van der Waals surface area contributed by atoms with Crippen molar-refractivity contribution in [2.75, 3.05) is 5.32 Å². The smallest absolute Gasteiger partial charge is 0.292 e. The van der Waals surface area contributed by atoms with Gasteiger partial charge in [0, 0.05) is 28.7 Å². The van der Waals surface area contributed by atoms with Crippen LogP contribution in [0.4, 0.5) is 11.4 Å². The van der Waals surface area contributed by atoms with Gasteiger partial charge in [-0.1, -0.05) is 30.3 Å². The number of amides is 1. The number of nitrogens with zero attached hydrogens (tertiary/aromatic N) is 2. The number of carbonyl (C=O) groups is 2. The van der Waals surface area contributed by atoms with E-state index in [1.165, 1.54) is 18.2 Å². The minimum atomic E-state index is -0.550. The van der Waals surface area contributed by atoms with Crippen LogP contribution in [-0.4, -0.2) is 21.7 Å². The number of aldehydes is 1. The minimum absolute atomic E-state index is 0.0552. The highest BCUT2D eigenvalue weighted by atomic mass is 16.6. The van der Waals surface area contributed by atoms with Crippen molar-refractivity contribution in [2.24, 2.45) is 0 Å². The number of fused-ring (bicyclic) bond motifs is 1. The fraction of sp³-hybridized carbons (Fsp3) is 0.0588. The molecular formula is C17H13N3O4. The average Bonchev–Trinajstić information content (AvgIpc) is 2.93. The maximum absolute atomic E-state index is 12.3. The summed E-state index contributed by atoms with van der Waals surface area (Å²) in [5.41, 5.74) is 1.21. The van der Waals surface area contributed by atoms with Crippen LogP contribution >= 0.6 is 0 Å². The van der Waals surface area contributed by atoms with Gasteiger partial charge in [0.1, 0.15) is 12.2 Å². The zero-order valence-electron chi connectivity index (χ0n) is 12.5. The Kier molecular flexibility index (Phi) is 4.07. The standard InChI is InChI=1S/C17H13N3O4/c21-11-12-9-19(15-7-3-1-5-13(12)15)10-17(22)18-14-6-2-4-8-16(14)20(23)24/h1-9,11H,10H2,(H,18,22). The fourth-order valence-electron chi connectivity index (χ4n) is 2.58. The van der Waals surface area contributed by atoms with Gasteiger partial charge in [-0.25, -0.2) is 0 Å². The third-order valence-electron chi connectivity index (χ3n) is 3.64. The molecule has 0 radical (unpaired) electrons. The Labute approximate surface area is 136 Å². The highest BCUT2D eigenvalue weighted by Crippen LogP contribution is 2.24. The van der Waals surface area contributed by atoms with Crippen molar-refractivity contribution in [1.82, 2.24) is 4.57 Å². The van der Waals surface area contributed by atoms with Gasteiger partial charge in [-0.2, -0.15) is 0 Å². The summed E-state index contributed by atoms with van der Waals surface area (Å²) in [4.78, 5) is 33.8. The maximum atomic E-state index is 12.3. The van der Waals surface area contributed by atoms with Gasteiger partial charge >= 0.3 is 0 Å². The molecule has 1 N–H and O–H groups in total. The van der Waals surface area contributed by atoms with Gasteiger partial charge in [0.2, 0.25) is 5.91 Å². The predicted octanol–water partition coefficient (Wildman–Crippen LogP) is 3.00. The number of nitro benzene ring substituents is 1. The first-order valence-electron chi connectivity index (χ1n) is 7.16. The second kappa shape index (κ2) is 6.33. The number of benzene rings is 2. The molecule has 0 fully saturated rings. The van der Waals surface area contributed by atoms with Gasteiger partial charge in [0.15, 0.2) is 6.29 Å². The molecule has 7 heteroatoms. The number of anilines is 1. The summed E-state index contributed by atoms with van der Waals surface area (Å²) in [5, 5.41) is 14.3. The molecule has 0 saturated carbocycles. The van der Waals surface area contributed by atoms with Crippen LogP contribution < -0.4 is 5.32 Å². The lowest BCUT2D eigenvalue weighted by atomic mass is 10.2. The molecule has 2 aromatic carbocycles. The number of carbonyl (C=O) groups excluding carboxylic acids is 2. The number of nitrogens with one attached hydrogen (secondary N) is 1. The van der Waals surface area contributed by atoms with E-state index in [0.29, 0.717) is 5.56 Å². The molecule has 0 unspecified atom stereocenters. The van der Waals surface area contributed by atoms with Crippen LogP contribution in [0.1, 0.15) is 10.4 Å². The first-order valence-corrected chi connectivity index (χ1v) is 7.16. The fourth-order valence-corrected chi connectivity index (χ4v) is 2.58. The van der Waals surface area contributed by atoms with E-state index < -0.39 is 10.8 Å². The molecule has 0 aliphatic carbocycles. The topological polar surface area (TPSA) is 94.2 Å². The van der Waals surface area contributed by atoms with E-state index in [1.807, 2.05) is 12.1 Å². The van der Waals surface area contributed by atoms with E-state index in [1.54, 1.807) is 29.0 Å². The van der Waals surface area contributed by atoms with Crippen molar-refractivity contribution in [3.05, 3.63) is 70.4 Å². The molecule has 0 spiro atoms. The van der Waals surface area contributed by atoms with Crippen molar-refractivity contribution in [2.45, 2.75) is 6.54 Å². The molecule has 3 rings (SSSR count). The normalized spacial score (nSPS) is 10.5. The number of aromatic nitrogens is 1. The van der Waals surface area contributed by atoms with Crippen LogP contribution in [0.25, 0.3) is 10.9 Å². The van der Waals surface area contributed by atoms with Gasteiger partial charge in [0.25, 0.3) is 5.69 Å². The zero-order valence-corrected chi connectivity index (χ0v) is 12.5. The van der Waals surface area contributed by atoms with E-state index in [0.717, 1.165) is 17.2 Å². The van der Waals surface area contributed by atoms with Gasteiger partial charge < -0.3 is 9.88 Å². The molecule has 7 nitrogen and oxygen atoms in total. The summed E-state index contributed by atoms with van der Waals surface area (Å²) in [6.07, 6.45) is 2.33. The Balaban J connectivity index is 1.86. The average molecular weight is 323 g/mol. The predicted molar refractivity (Wildman–Crippen MR) is 89.1 cm³/mol. The van der Waals surface area contributed by atoms with Crippen LogP contribution in [0.3, 0.4) is 0 Å². The van der Waals surface area contributed by atoms with Crippen LogP contribution in [0.15, 0.2) is 54.7 Å². The van der Waals surface area contributed by atoms with Gasteiger partial charge in [0.05, 0.1) is 4.92 Å². The largest absolute Gasteiger partial charge is 0.337 e. The molecule has 0 aliphatic heterocycles. The van der Waals surface area contributed by atoms with E-state index >= 15 is 0 Å². The Morgan fingerprint density at radius 1 is 1.17 bits per heavy atom. The quantitative estimate of drug-likeness (QED) is 0.443. The highest BCUT2D eigenvalue weighted by Gasteiger charge is 2.16. The number of rotatable bonds is 5. The zero-order chi connectivity index (χ0) is 17.1. The van der Waals surface area contributed by atoms with Crippen LogP contribution in [0, 0.1) is 10.1 Å². The molecule has 24 heavy (non-hydrogen) atoms. The number of nitro groups is 1. The summed E-state index contributed by atoms with van der Waals surface area (Å²) < 4.78 is 1.64. The molecule has 1 heterocycles. The lowest BCUT2D eigenvalue weighted by Crippen LogP contribution is -2.18. The second-order valence-electron chi connectivity index (χ2n) is 5.17. The van der Waals surface area contributed by atoms with E-state index in [9.17, 15) is 19.7 Å². The summed E-state index contributed by atoms with van der Waals surface area (Å²) >= 11 is 0. The molecular weight excluding hydrogens is 310 g/mol. The van der Waals surface area contributed by atoms with Crippen LogP contribution in [0.5, 0.6) is 0 Å². The Morgan fingerprint density at radius 2 is 1.88 bits per heavy atom. The first-order chi connectivity index (χ1) is 11.6. The summed E-state index contributed by atoms with van der Waals surface area (Å²) in [6.45, 7) is -0.0552. The van der Waals surface area contributed by atoms with Gasteiger partial charge in [-0.05, 0) is 12.1 Å². The number of para-hydroxylation sites is 3. The van der Waals surface area contributed by atoms with E-state index in [-0.39, 0.29) is 17.9 Å². The van der Waals surface area contributed by atoms with Crippen molar-refractivity contribution < 1.29 is 14.5 Å². The van der Waals surface area contributed by atoms with Crippen molar-refractivity contribution in [3.63, 3.8) is 0 Å². The van der Waals surface area contributed by atoms with Crippen molar-refractivity contribution in [3.8, 4) is 0 Å². The SMILES string of the molecule is O=Cc1cn(CC(=O)Nc2ccccc2[N+](=O)[O-])c2ccccc12. The second-order valence-corrected chi connectivity index (χ2v) is 5.17. The van der Waals surface area contributed by atoms with Crippen LogP contribution in [-0.2, 0) is 11.3 Å². The lowest BCUT2D eigenvalue weighted by molar-refractivity contribution is -0.383. The summed E-state index contributed by atoms with van der Waals surface area (Å²) in [6, 6.07) is 13.2. The Morgan fingerprint density at radius 3 is 2.62 bits per heavy atom.